The summed E-state index contributed by atoms with van der Waals surface area (Å²) in [6, 6.07) is 6.62. The van der Waals surface area contributed by atoms with Crippen molar-refractivity contribution in [3.8, 4) is 11.8 Å². The van der Waals surface area contributed by atoms with E-state index in [1.165, 1.54) is 21.3 Å². The molecule has 0 unspecified atom stereocenters. The van der Waals surface area contributed by atoms with E-state index >= 15 is 0 Å². The van der Waals surface area contributed by atoms with Crippen molar-refractivity contribution in [2.75, 3.05) is 21.3 Å². The van der Waals surface area contributed by atoms with Crippen LogP contribution >= 0.6 is 0 Å². The van der Waals surface area contributed by atoms with Gasteiger partial charge in [-0.25, -0.2) is 4.79 Å². The lowest BCUT2D eigenvalue weighted by Gasteiger charge is -2.14. The van der Waals surface area contributed by atoms with Crippen molar-refractivity contribution in [2.24, 2.45) is 0 Å². The van der Waals surface area contributed by atoms with Crippen LogP contribution in [0.25, 0.3) is 0 Å². The topological polar surface area (TPSA) is 65.0 Å². The number of aliphatic hydroxyl groups excluding tert-OH is 1. The van der Waals surface area contributed by atoms with Crippen LogP contribution in [-0.2, 0) is 14.2 Å². The molecule has 0 saturated heterocycles. The van der Waals surface area contributed by atoms with Gasteiger partial charge in [0, 0.05) is 19.8 Å². The first kappa shape index (κ1) is 15.2. The molecule has 5 nitrogen and oxygen atoms in total. The van der Waals surface area contributed by atoms with E-state index in [0.717, 1.165) is 0 Å². The number of benzene rings is 1. The quantitative estimate of drug-likeness (QED) is 0.495. The maximum absolute atomic E-state index is 11.3. The third-order valence-corrected chi connectivity index (χ3v) is 2.37. The molecule has 5 heteroatoms. The summed E-state index contributed by atoms with van der Waals surface area (Å²) < 4.78 is 14.4. The number of aliphatic hydroxyl groups is 1. The summed E-state index contributed by atoms with van der Waals surface area (Å²) in [5.74, 6) is 4.90. The van der Waals surface area contributed by atoms with Crippen LogP contribution in [-0.4, -0.2) is 44.8 Å². The number of carbonyl (C=O) groups excluding carboxylic acids is 1. The molecule has 0 amide bonds. The molecule has 0 bridgehead atoms. The summed E-state index contributed by atoms with van der Waals surface area (Å²) >= 11 is 0. The summed E-state index contributed by atoms with van der Waals surface area (Å²) in [5.41, 5.74) is 0.992. The molecule has 1 aromatic carbocycles. The van der Waals surface area contributed by atoms with Gasteiger partial charge in [-0.2, -0.15) is 0 Å². The molecule has 1 N–H and O–H groups in total. The Bertz CT molecular complexity index is 482. The van der Waals surface area contributed by atoms with Gasteiger partial charge in [0.1, 0.15) is 0 Å². The standard InChI is InChI=1S/C14H16O5/c1-17-13(16)11-6-4-5-10(9-11)7-8-12(15)14(18-2)19-3/h4-6,9,12,14-15H,1-3H3/t12-/m0/s1. The van der Waals surface area contributed by atoms with Crippen molar-refractivity contribution in [1.29, 1.82) is 0 Å². The fourth-order valence-corrected chi connectivity index (χ4v) is 1.42. The Morgan fingerprint density at radius 3 is 2.53 bits per heavy atom. The van der Waals surface area contributed by atoms with Crippen LogP contribution in [0.4, 0.5) is 0 Å². The molecule has 1 rings (SSSR count). The number of hydrogen-bond acceptors (Lipinski definition) is 5. The Morgan fingerprint density at radius 2 is 1.95 bits per heavy atom. The van der Waals surface area contributed by atoms with E-state index in [1.807, 2.05) is 0 Å². The molecular weight excluding hydrogens is 248 g/mol. The van der Waals surface area contributed by atoms with Gasteiger partial charge >= 0.3 is 5.97 Å². The van der Waals surface area contributed by atoms with Gasteiger partial charge < -0.3 is 19.3 Å². The Hall–Kier alpha value is -1.87. The van der Waals surface area contributed by atoms with E-state index < -0.39 is 18.4 Å². The maximum atomic E-state index is 11.3. The zero-order valence-electron chi connectivity index (χ0n) is 11.0. The molecule has 1 atom stereocenters. The lowest BCUT2D eigenvalue weighted by molar-refractivity contribution is -0.147. The predicted molar refractivity (Wildman–Crippen MR) is 68.5 cm³/mol. The monoisotopic (exact) mass is 264 g/mol. The average molecular weight is 264 g/mol. The zero-order valence-corrected chi connectivity index (χ0v) is 11.0. The molecule has 0 spiro atoms. The molecule has 0 aliphatic rings. The molecule has 0 radical (unpaired) electrons. The van der Waals surface area contributed by atoms with Gasteiger partial charge in [0.2, 0.25) is 0 Å². The molecular formula is C14H16O5. The molecule has 1 aromatic rings. The summed E-state index contributed by atoms with van der Waals surface area (Å²) in [5, 5.41) is 9.68. The van der Waals surface area contributed by atoms with Crippen LogP contribution in [0.3, 0.4) is 0 Å². The van der Waals surface area contributed by atoms with Gasteiger partial charge in [0.25, 0.3) is 0 Å². The van der Waals surface area contributed by atoms with Crippen molar-refractivity contribution in [1.82, 2.24) is 0 Å². The first-order valence-electron chi connectivity index (χ1n) is 5.56. The van der Waals surface area contributed by atoms with Crippen LogP contribution in [0.5, 0.6) is 0 Å². The van der Waals surface area contributed by atoms with Crippen molar-refractivity contribution >= 4 is 5.97 Å². The first-order chi connectivity index (χ1) is 9.12. The third kappa shape index (κ3) is 4.38. The Kier molecular flexibility index (Phi) is 6.03. The second-order valence-corrected chi connectivity index (χ2v) is 3.63. The number of hydrogen-bond donors (Lipinski definition) is 1. The van der Waals surface area contributed by atoms with Gasteiger partial charge in [-0.1, -0.05) is 17.9 Å². The minimum Gasteiger partial charge on any atom is -0.465 e. The largest absolute Gasteiger partial charge is 0.465 e. The smallest absolute Gasteiger partial charge is 0.337 e. The summed E-state index contributed by atoms with van der Waals surface area (Å²) in [7, 11) is 4.14. The summed E-state index contributed by atoms with van der Waals surface area (Å²) in [6.07, 6.45) is -1.88. The molecule has 0 aromatic heterocycles. The van der Waals surface area contributed by atoms with Gasteiger partial charge in [0.15, 0.2) is 12.4 Å². The molecule has 19 heavy (non-hydrogen) atoms. The second kappa shape index (κ2) is 7.54. The summed E-state index contributed by atoms with van der Waals surface area (Å²) in [6.45, 7) is 0. The second-order valence-electron chi connectivity index (χ2n) is 3.63. The Balaban J connectivity index is 2.86. The minimum atomic E-state index is -1.07. The number of esters is 1. The van der Waals surface area contributed by atoms with Crippen LogP contribution in [0.2, 0.25) is 0 Å². The summed E-state index contributed by atoms with van der Waals surface area (Å²) in [4.78, 5) is 11.3. The highest BCUT2D eigenvalue weighted by molar-refractivity contribution is 5.89. The Labute approximate surface area is 112 Å². The van der Waals surface area contributed by atoms with Crippen LogP contribution in [0.15, 0.2) is 24.3 Å². The first-order valence-corrected chi connectivity index (χ1v) is 5.56. The van der Waals surface area contributed by atoms with Crippen LogP contribution in [0, 0.1) is 11.8 Å². The van der Waals surface area contributed by atoms with E-state index in [1.54, 1.807) is 24.3 Å². The maximum Gasteiger partial charge on any atom is 0.337 e. The lowest BCUT2D eigenvalue weighted by Crippen LogP contribution is -2.28. The highest BCUT2D eigenvalue weighted by Gasteiger charge is 2.14. The van der Waals surface area contributed by atoms with Crippen molar-refractivity contribution in [3.05, 3.63) is 35.4 Å². The normalized spacial score (nSPS) is 11.6. The highest BCUT2D eigenvalue weighted by Crippen LogP contribution is 2.06. The molecule has 102 valence electrons. The van der Waals surface area contributed by atoms with E-state index in [2.05, 4.69) is 16.6 Å². The van der Waals surface area contributed by atoms with E-state index in [4.69, 9.17) is 9.47 Å². The zero-order chi connectivity index (χ0) is 14.3. The number of ether oxygens (including phenoxy) is 3. The van der Waals surface area contributed by atoms with Crippen molar-refractivity contribution in [3.63, 3.8) is 0 Å². The fraction of sp³-hybridized carbons (Fsp3) is 0.357. The highest BCUT2D eigenvalue weighted by atomic mass is 16.7. The van der Waals surface area contributed by atoms with Crippen molar-refractivity contribution in [2.45, 2.75) is 12.4 Å². The minimum absolute atomic E-state index is 0.402. The predicted octanol–water partition coefficient (Wildman–Crippen LogP) is 0.804. The van der Waals surface area contributed by atoms with E-state index in [-0.39, 0.29) is 0 Å². The Morgan fingerprint density at radius 1 is 1.26 bits per heavy atom. The number of carbonyl (C=O) groups is 1. The molecule has 0 heterocycles. The number of rotatable bonds is 4. The molecule has 0 saturated carbocycles. The van der Waals surface area contributed by atoms with Gasteiger partial charge in [-0.05, 0) is 18.2 Å². The van der Waals surface area contributed by atoms with E-state index in [0.29, 0.717) is 11.1 Å². The SMILES string of the molecule is COC(=O)c1cccc(C#C[C@H](O)C(OC)OC)c1. The van der Waals surface area contributed by atoms with Crippen molar-refractivity contribution < 1.29 is 24.1 Å². The molecule has 0 fully saturated rings. The average Bonchev–Trinajstić information content (AvgIpc) is 2.45. The van der Waals surface area contributed by atoms with Gasteiger partial charge in [0.05, 0.1) is 12.7 Å². The third-order valence-electron chi connectivity index (χ3n) is 2.37. The number of methoxy groups -OCH3 is 3. The van der Waals surface area contributed by atoms with Gasteiger partial charge in [-0.15, -0.1) is 0 Å². The fourth-order valence-electron chi connectivity index (χ4n) is 1.42. The van der Waals surface area contributed by atoms with Crippen LogP contribution < -0.4 is 0 Å². The van der Waals surface area contributed by atoms with Crippen LogP contribution in [0.1, 0.15) is 15.9 Å². The molecule has 0 aliphatic heterocycles. The van der Waals surface area contributed by atoms with E-state index in [9.17, 15) is 9.90 Å². The molecule has 0 aliphatic carbocycles. The van der Waals surface area contributed by atoms with Gasteiger partial charge in [-0.3, -0.25) is 0 Å². The lowest BCUT2D eigenvalue weighted by atomic mass is 10.1.